The molecule has 0 spiro atoms. The number of hydrogen-bond donors (Lipinski definition) is 4. The molecule has 0 radical (unpaired) electrons. The van der Waals surface area contributed by atoms with Crippen LogP contribution in [0.25, 0.3) is 0 Å². The number of rotatable bonds is 6. The van der Waals surface area contributed by atoms with E-state index >= 15 is 0 Å². The molecule has 4 nitrogen and oxygen atoms in total. The highest BCUT2D eigenvalue weighted by Crippen LogP contribution is 1.86. The Kier molecular flexibility index (Phi) is 6.30. The molecule has 0 aromatic heterocycles. The first-order valence-corrected chi connectivity index (χ1v) is 4.07. The van der Waals surface area contributed by atoms with Crippen LogP contribution < -0.4 is 10.6 Å². The normalized spacial score (nSPS) is 12.9. The smallest absolute Gasteiger partial charge is 0.321 e. The Morgan fingerprint density at radius 1 is 1.64 bits per heavy atom. The molecule has 0 aliphatic heterocycles. The summed E-state index contributed by atoms with van der Waals surface area (Å²) in [5, 5.41) is 14.3. The van der Waals surface area contributed by atoms with E-state index in [4.69, 9.17) is 5.11 Å². The van der Waals surface area contributed by atoms with Gasteiger partial charge in [0.1, 0.15) is 6.04 Å². The minimum Gasteiger partial charge on any atom is -0.480 e. The fraction of sp³-hybridized carbons (Fsp3) is 0.833. The monoisotopic (exact) mass is 178 g/mol. The maximum absolute atomic E-state index is 10.4. The molecule has 0 rings (SSSR count). The van der Waals surface area contributed by atoms with E-state index < -0.39 is 12.0 Å². The predicted molar refractivity (Wildman–Crippen MR) is 47.2 cm³/mol. The maximum atomic E-state index is 10.4. The molecule has 66 valence electrons. The summed E-state index contributed by atoms with van der Waals surface area (Å²) in [6.07, 6.45) is 0. The highest BCUT2D eigenvalue weighted by molar-refractivity contribution is 7.80. The van der Waals surface area contributed by atoms with Gasteiger partial charge in [-0.25, -0.2) is 0 Å². The van der Waals surface area contributed by atoms with Crippen LogP contribution in [0.15, 0.2) is 0 Å². The summed E-state index contributed by atoms with van der Waals surface area (Å²) in [5.74, 6) is -0.532. The second kappa shape index (κ2) is 6.45. The van der Waals surface area contributed by atoms with Crippen molar-refractivity contribution in [1.82, 2.24) is 10.6 Å². The summed E-state index contributed by atoms with van der Waals surface area (Å²) in [4.78, 5) is 10.4. The van der Waals surface area contributed by atoms with E-state index in [2.05, 4.69) is 23.3 Å². The average molecular weight is 178 g/mol. The molecule has 1 atom stereocenters. The number of likely N-dealkylation sites (N-methyl/N-ethyl adjacent to an activating group) is 1. The molecule has 0 fully saturated rings. The lowest BCUT2D eigenvalue weighted by molar-refractivity contribution is -0.138. The Balaban J connectivity index is 3.44. The molecule has 0 saturated carbocycles. The summed E-state index contributed by atoms with van der Waals surface area (Å²) >= 11 is 3.89. The zero-order valence-corrected chi connectivity index (χ0v) is 7.40. The van der Waals surface area contributed by atoms with Gasteiger partial charge >= 0.3 is 5.97 Å². The van der Waals surface area contributed by atoms with Crippen LogP contribution in [-0.2, 0) is 4.79 Å². The first-order chi connectivity index (χ1) is 5.22. The van der Waals surface area contributed by atoms with Gasteiger partial charge in [-0.2, -0.15) is 12.6 Å². The van der Waals surface area contributed by atoms with Gasteiger partial charge in [-0.05, 0) is 7.05 Å². The van der Waals surface area contributed by atoms with Crippen LogP contribution >= 0.6 is 12.6 Å². The van der Waals surface area contributed by atoms with Gasteiger partial charge in [0, 0.05) is 18.8 Å². The molecule has 0 aromatic rings. The third kappa shape index (κ3) is 5.06. The van der Waals surface area contributed by atoms with Gasteiger partial charge in [0.2, 0.25) is 0 Å². The Morgan fingerprint density at radius 2 is 2.27 bits per heavy atom. The highest BCUT2D eigenvalue weighted by Gasteiger charge is 2.12. The van der Waals surface area contributed by atoms with Crippen LogP contribution in [0, 0.1) is 0 Å². The van der Waals surface area contributed by atoms with Gasteiger partial charge in [-0.1, -0.05) is 0 Å². The quantitative estimate of drug-likeness (QED) is 0.317. The van der Waals surface area contributed by atoms with Crippen molar-refractivity contribution in [1.29, 1.82) is 0 Å². The van der Waals surface area contributed by atoms with Gasteiger partial charge in [-0.3, -0.25) is 4.79 Å². The first-order valence-electron chi connectivity index (χ1n) is 3.44. The molecule has 1 unspecified atom stereocenters. The minimum absolute atomic E-state index is 0.318. The van der Waals surface area contributed by atoms with Crippen molar-refractivity contribution < 1.29 is 9.90 Å². The SMILES string of the molecule is CNCCNC(CS)C(=O)O. The molecule has 0 bridgehead atoms. The molecular weight excluding hydrogens is 164 g/mol. The molecule has 0 aliphatic carbocycles. The van der Waals surface area contributed by atoms with Crippen molar-refractivity contribution in [3.8, 4) is 0 Å². The fourth-order valence-electron chi connectivity index (χ4n) is 0.601. The number of thiol groups is 1. The Morgan fingerprint density at radius 3 is 2.64 bits per heavy atom. The summed E-state index contributed by atoms with van der Waals surface area (Å²) in [6, 6.07) is -0.535. The van der Waals surface area contributed by atoms with Crippen molar-refractivity contribution in [3.63, 3.8) is 0 Å². The van der Waals surface area contributed by atoms with Crippen LogP contribution in [0.3, 0.4) is 0 Å². The minimum atomic E-state index is -0.851. The molecule has 5 heteroatoms. The van der Waals surface area contributed by atoms with Crippen molar-refractivity contribution in [2.45, 2.75) is 6.04 Å². The van der Waals surface area contributed by atoms with Gasteiger partial charge in [0.05, 0.1) is 0 Å². The lowest BCUT2D eigenvalue weighted by Crippen LogP contribution is -2.41. The second-order valence-electron chi connectivity index (χ2n) is 2.13. The third-order valence-electron chi connectivity index (χ3n) is 1.25. The van der Waals surface area contributed by atoms with Gasteiger partial charge in [-0.15, -0.1) is 0 Å². The molecule has 0 saturated heterocycles. The zero-order chi connectivity index (χ0) is 8.69. The number of aliphatic carboxylic acids is 1. The van der Waals surface area contributed by atoms with E-state index in [0.717, 1.165) is 6.54 Å². The largest absolute Gasteiger partial charge is 0.480 e. The van der Waals surface area contributed by atoms with Crippen LogP contribution in [0.5, 0.6) is 0 Å². The van der Waals surface area contributed by atoms with Gasteiger partial charge < -0.3 is 15.7 Å². The Bertz CT molecular complexity index is 121. The highest BCUT2D eigenvalue weighted by atomic mass is 32.1. The molecule has 0 amide bonds. The topological polar surface area (TPSA) is 61.4 Å². The third-order valence-corrected chi connectivity index (χ3v) is 1.61. The maximum Gasteiger partial charge on any atom is 0.321 e. The molecule has 0 heterocycles. The lowest BCUT2D eigenvalue weighted by atomic mass is 10.3. The van der Waals surface area contributed by atoms with Crippen LogP contribution in [0.2, 0.25) is 0 Å². The number of nitrogens with one attached hydrogen (secondary N) is 2. The average Bonchev–Trinajstić information content (AvgIpc) is 1.97. The van der Waals surface area contributed by atoms with Crippen molar-refractivity contribution in [3.05, 3.63) is 0 Å². The number of hydrogen-bond acceptors (Lipinski definition) is 4. The molecule has 0 aromatic carbocycles. The zero-order valence-electron chi connectivity index (χ0n) is 6.50. The molecule has 3 N–H and O–H groups in total. The van der Waals surface area contributed by atoms with E-state index in [-0.39, 0.29) is 0 Å². The van der Waals surface area contributed by atoms with Crippen LogP contribution in [0.1, 0.15) is 0 Å². The van der Waals surface area contributed by atoms with Gasteiger partial charge in [0.25, 0.3) is 0 Å². The van der Waals surface area contributed by atoms with Crippen LogP contribution in [0.4, 0.5) is 0 Å². The van der Waals surface area contributed by atoms with Crippen molar-refractivity contribution in [2.24, 2.45) is 0 Å². The summed E-state index contributed by atoms with van der Waals surface area (Å²) in [7, 11) is 1.82. The standard InChI is InChI=1S/C6H14N2O2S/c1-7-2-3-8-5(4-11)6(9)10/h5,7-8,11H,2-4H2,1H3,(H,9,10). The fourth-order valence-corrected chi connectivity index (χ4v) is 0.887. The number of carboxylic acid groups (broad SMARTS) is 1. The van der Waals surface area contributed by atoms with Crippen molar-refractivity contribution >= 4 is 18.6 Å². The number of carboxylic acids is 1. The Labute approximate surface area is 71.8 Å². The van der Waals surface area contributed by atoms with E-state index in [9.17, 15) is 4.79 Å². The van der Waals surface area contributed by atoms with Gasteiger partial charge in [0.15, 0.2) is 0 Å². The van der Waals surface area contributed by atoms with E-state index in [0.29, 0.717) is 12.3 Å². The summed E-state index contributed by atoms with van der Waals surface area (Å²) < 4.78 is 0. The molecule has 11 heavy (non-hydrogen) atoms. The predicted octanol–water partition coefficient (Wildman–Crippen LogP) is -0.822. The Hall–Kier alpha value is -0.260. The van der Waals surface area contributed by atoms with E-state index in [1.165, 1.54) is 0 Å². The summed E-state index contributed by atoms with van der Waals surface area (Å²) in [6.45, 7) is 1.41. The van der Waals surface area contributed by atoms with E-state index in [1.807, 2.05) is 7.05 Å². The van der Waals surface area contributed by atoms with Crippen LogP contribution in [-0.4, -0.2) is 43.0 Å². The summed E-state index contributed by atoms with van der Waals surface area (Å²) in [5.41, 5.74) is 0. The second-order valence-corrected chi connectivity index (χ2v) is 2.50. The first kappa shape index (κ1) is 10.7. The van der Waals surface area contributed by atoms with Crippen molar-refractivity contribution in [2.75, 3.05) is 25.9 Å². The molecule has 0 aliphatic rings. The number of carbonyl (C=O) groups is 1. The van der Waals surface area contributed by atoms with E-state index in [1.54, 1.807) is 0 Å². The lowest BCUT2D eigenvalue weighted by Gasteiger charge is -2.10. The molecular formula is C6H14N2O2S.